The maximum atomic E-state index is 11.8. The number of aromatic hydroxyl groups is 2. The van der Waals surface area contributed by atoms with Crippen molar-refractivity contribution in [3.63, 3.8) is 0 Å². The second-order valence-corrected chi connectivity index (χ2v) is 9.70. The number of hydroxylamine groups is 1. The molecule has 1 aliphatic rings. The number of hydrogen-bond acceptors (Lipinski definition) is 10. The van der Waals surface area contributed by atoms with Crippen LogP contribution in [0.3, 0.4) is 0 Å². The van der Waals surface area contributed by atoms with Crippen LogP contribution in [0.15, 0.2) is 65.7 Å². The molecule has 3 amide bonds. The Kier molecular flexibility index (Phi) is 10.4. The quantitative estimate of drug-likeness (QED) is 0.146. The number of carbonyl (C=O) groups excluding carboxylic acids is 3. The number of phenols is 2. The molecule has 45 heavy (non-hydrogen) atoms. The number of benzene rings is 3. The van der Waals surface area contributed by atoms with Gasteiger partial charge in [0.2, 0.25) is 5.91 Å². The van der Waals surface area contributed by atoms with E-state index in [1.807, 2.05) is 41.8 Å². The van der Waals surface area contributed by atoms with Crippen LogP contribution >= 0.6 is 0 Å². The van der Waals surface area contributed by atoms with Gasteiger partial charge in [-0.3, -0.25) is 28.8 Å². The molecule has 0 aliphatic carbocycles. The summed E-state index contributed by atoms with van der Waals surface area (Å²) in [5, 5.41) is 32.8. The number of methoxy groups -OCH3 is 1. The van der Waals surface area contributed by atoms with Crippen molar-refractivity contribution < 1.29 is 34.2 Å². The second kappa shape index (κ2) is 14.6. The van der Waals surface area contributed by atoms with Crippen LogP contribution in [0.2, 0.25) is 0 Å². The van der Waals surface area contributed by atoms with Gasteiger partial charge >= 0.3 is 0 Å². The molecule has 0 atom stereocenters. The molecule has 2 heterocycles. The molecule has 4 aromatic rings. The standard InChI is InChI=1S/C18H16N4O2.C13H17N3O5/c1-11-20-21-17-10-19-18(12-3-5-13(23)6-4-12)15-9-14(24-2)7-8-16(15)22(11)17;1-8(17)14-5-6-15-12(19)9-3-4-10(11(18)7-9)13(20)16-21-2/h3-9,23H,10H2,1-2H3;3-4,7,18H,5-6H2,1-2H3,(H,14,17)(H,15,19)(H,16,20). The van der Waals surface area contributed by atoms with Gasteiger partial charge in [-0.15, -0.1) is 10.2 Å². The Morgan fingerprint density at radius 3 is 2.31 bits per heavy atom. The molecule has 1 aromatic heterocycles. The van der Waals surface area contributed by atoms with Crippen molar-refractivity contribution in [2.24, 2.45) is 4.99 Å². The number of aromatic nitrogens is 3. The molecule has 0 saturated heterocycles. The summed E-state index contributed by atoms with van der Waals surface area (Å²) in [7, 11) is 2.91. The van der Waals surface area contributed by atoms with Gasteiger partial charge in [-0.25, -0.2) is 5.48 Å². The molecule has 3 aromatic carbocycles. The van der Waals surface area contributed by atoms with Crippen molar-refractivity contribution in [1.82, 2.24) is 30.9 Å². The topological polar surface area (TPSA) is 189 Å². The Morgan fingerprint density at radius 1 is 0.911 bits per heavy atom. The summed E-state index contributed by atoms with van der Waals surface area (Å²) in [4.78, 5) is 43.1. The largest absolute Gasteiger partial charge is 0.508 e. The fourth-order valence-corrected chi connectivity index (χ4v) is 4.48. The third-order valence-corrected chi connectivity index (χ3v) is 6.59. The molecule has 0 radical (unpaired) electrons. The molecule has 14 nitrogen and oxygen atoms in total. The van der Waals surface area contributed by atoms with E-state index >= 15 is 0 Å². The Hall–Kier alpha value is -5.76. The highest BCUT2D eigenvalue weighted by atomic mass is 16.6. The third kappa shape index (κ3) is 7.80. The van der Waals surface area contributed by atoms with Gasteiger partial charge in [0.1, 0.15) is 29.6 Å². The monoisotopic (exact) mass is 615 g/mol. The summed E-state index contributed by atoms with van der Waals surface area (Å²) in [5.74, 6) is 1.05. The van der Waals surface area contributed by atoms with Crippen LogP contribution in [-0.2, 0) is 16.2 Å². The number of fused-ring (bicyclic) bond motifs is 3. The molecule has 234 valence electrons. The molecule has 1 aliphatic heterocycles. The van der Waals surface area contributed by atoms with Gasteiger partial charge in [0, 0.05) is 36.7 Å². The zero-order chi connectivity index (χ0) is 32.5. The summed E-state index contributed by atoms with van der Waals surface area (Å²) in [5.41, 5.74) is 5.94. The van der Waals surface area contributed by atoms with Crippen LogP contribution in [0.4, 0.5) is 0 Å². The number of phenolic OH excluding ortho intramolecular Hbond substituents is 2. The first-order chi connectivity index (χ1) is 21.6. The van der Waals surface area contributed by atoms with Gasteiger partial charge in [-0.1, -0.05) is 0 Å². The van der Waals surface area contributed by atoms with Gasteiger partial charge in [0.05, 0.1) is 31.2 Å². The van der Waals surface area contributed by atoms with Crippen LogP contribution < -0.4 is 20.9 Å². The highest BCUT2D eigenvalue weighted by Gasteiger charge is 2.22. The normalized spacial score (nSPS) is 11.4. The van der Waals surface area contributed by atoms with Crippen LogP contribution in [0, 0.1) is 6.92 Å². The number of hydrogen-bond donors (Lipinski definition) is 5. The number of amides is 3. The summed E-state index contributed by atoms with van der Waals surface area (Å²) >= 11 is 0. The summed E-state index contributed by atoms with van der Waals surface area (Å²) in [6, 6.07) is 16.8. The first kappa shape index (κ1) is 32.2. The van der Waals surface area contributed by atoms with Crippen molar-refractivity contribution >= 4 is 23.4 Å². The summed E-state index contributed by atoms with van der Waals surface area (Å²) < 4.78 is 7.41. The van der Waals surface area contributed by atoms with Crippen LogP contribution in [-0.4, -0.2) is 75.7 Å². The summed E-state index contributed by atoms with van der Waals surface area (Å²) in [6.07, 6.45) is 0. The fraction of sp³-hybridized carbons (Fsp3) is 0.226. The zero-order valence-corrected chi connectivity index (χ0v) is 25.1. The molecule has 0 fully saturated rings. The smallest absolute Gasteiger partial charge is 0.278 e. The lowest BCUT2D eigenvalue weighted by atomic mass is 10.00. The van der Waals surface area contributed by atoms with Crippen LogP contribution in [0.1, 0.15) is 50.4 Å². The molecule has 0 bridgehead atoms. The van der Waals surface area contributed by atoms with E-state index in [4.69, 9.17) is 9.73 Å². The molecule has 14 heteroatoms. The van der Waals surface area contributed by atoms with Crippen molar-refractivity contribution in [1.29, 1.82) is 0 Å². The Morgan fingerprint density at radius 2 is 1.64 bits per heavy atom. The van der Waals surface area contributed by atoms with Crippen LogP contribution in [0.5, 0.6) is 17.2 Å². The van der Waals surface area contributed by atoms with Crippen molar-refractivity contribution in [2.45, 2.75) is 20.4 Å². The minimum atomic E-state index is -0.618. The van der Waals surface area contributed by atoms with E-state index in [0.29, 0.717) is 13.1 Å². The van der Waals surface area contributed by atoms with Gasteiger partial charge in [-0.05, 0) is 67.6 Å². The number of carbonyl (C=O) groups is 3. The van der Waals surface area contributed by atoms with E-state index in [0.717, 1.165) is 39.9 Å². The number of nitrogens with zero attached hydrogens (tertiary/aromatic N) is 4. The zero-order valence-electron chi connectivity index (χ0n) is 25.1. The van der Waals surface area contributed by atoms with Crippen LogP contribution in [0.25, 0.3) is 5.69 Å². The minimum Gasteiger partial charge on any atom is -0.508 e. The van der Waals surface area contributed by atoms with Gasteiger partial charge in [0.15, 0.2) is 5.82 Å². The highest BCUT2D eigenvalue weighted by Crippen LogP contribution is 2.29. The molecular weight excluding hydrogens is 582 g/mol. The molecular formula is C31H33N7O7. The lowest BCUT2D eigenvalue weighted by molar-refractivity contribution is -0.118. The molecule has 5 N–H and O–H groups in total. The van der Waals surface area contributed by atoms with Gasteiger partial charge < -0.3 is 25.6 Å². The average molecular weight is 616 g/mol. The molecule has 5 rings (SSSR count). The number of rotatable bonds is 8. The van der Waals surface area contributed by atoms with Crippen molar-refractivity contribution in [3.05, 3.63) is 94.6 Å². The van der Waals surface area contributed by atoms with Crippen molar-refractivity contribution in [2.75, 3.05) is 27.3 Å². The molecule has 0 spiro atoms. The first-order valence-electron chi connectivity index (χ1n) is 13.8. The van der Waals surface area contributed by atoms with E-state index in [-0.39, 0.29) is 35.1 Å². The predicted octanol–water partition coefficient (Wildman–Crippen LogP) is 2.19. The third-order valence-electron chi connectivity index (χ3n) is 6.59. The van der Waals surface area contributed by atoms with E-state index in [1.54, 1.807) is 19.2 Å². The van der Waals surface area contributed by atoms with Gasteiger partial charge in [0.25, 0.3) is 11.8 Å². The summed E-state index contributed by atoms with van der Waals surface area (Å²) in [6.45, 7) is 4.31. The van der Waals surface area contributed by atoms with E-state index < -0.39 is 11.8 Å². The fourth-order valence-electron chi connectivity index (χ4n) is 4.48. The van der Waals surface area contributed by atoms with E-state index in [1.165, 1.54) is 32.2 Å². The minimum absolute atomic E-state index is 0.00773. The maximum Gasteiger partial charge on any atom is 0.278 e. The number of aliphatic imine (C=N–C) groups is 1. The molecule has 0 unspecified atom stereocenters. The van der Waals surface area contributed by atoms with Crippen molar-refractivity contribution in [3.8, 4) is 22.9 Å². The Bertz CT molecular complexity index is 1730. The number of aryl methyl sites for hydroxylation is 1. The first-order valence-corrected chi connectivity index (χ1v) is 13.8. The lowest BCUT2D eigenvalue weighted by Crippen LogP contribution is -2.33. The predicted molar refractivity (Wildman–Crippen MR) is 164 cm³/mol. The Balaban J connectivity index is 0.000000207. The maximum absolute atomic E-state index is 11.8. The second-order valence-electron chi connectivity index (χ2n) is 9.70. The number of nitrogens with one attached hydrogen (secondary N) is 3. The highest BCUT2D eigenvalue weighted by molar-refractivity contribution is 6.15. The van der Waals surface area contributed by atoms with Gasteiger partial charge in [-0.2, -0.15) is 0 Å². The van der Waals surface area contributed by atoms with E-state index in [2.05, 4.69) is 31.1 Å². The number of ether oxygens (including phenoxy) is 1. The SMILES string of the molecule is CONC(=O)c1ccc(C(=O)NCCNC(C)=O)cc1O.COc1ccc2c(c1)C(c1ccc(O)cc1)=NCc1nnc(C)n1-2. The average Bonchev–Trinajstić information content (AvgIpc) is 3.31. The molecule has 0 saturated carbocycles. The van der Waals surface area contributed by atoms with E-state index in [9.17, 15) is 24.6 Å². The Labute approximate surface area is 258 Å². The lowest BCUT2D eigenvalue weighted by Gasteiger charge is -2.14.